The maximum absolute atomic E-state index is 13.2. The Kier molecular flexibility index (Phi) is 7.15. The van der Waals surface area contributed by atoms with Gasteiger partial charge < -0.3 is 20.1 Å². The van der Waals surface area contributed by atoms with E-state index in [-0.39, 0.29) is 51.9 Å². The number of halogens is 3. The summed E-state index contributed by atoms with van der Waals surface area (Å²) in [6, 6.07) is 4.65. The van der Waals surface area contributed by atoms with E-state index in [4.69, 9.17) is 15.6 Å². The molecule has 0 saturated carbocycles. The second kappa shape index (κ2) is 9.71. The van der Waals surface area contributed by atoms with Crippen molar-refractivity contribution in [3.8, 4) is 5.88 Å². The fourth-order valence-corrected chi connectivity index (χ4v) is 3.84. The van der Waals surface area contributed by atoms with E-state index in [0.29, 0.717) is 0 Å². The molecule has 1 aromatic carbocycles. The van der Waals surface area contributed by atoms with Crippen molar-refractivity contribution in [2.24, 2.45) is 5.73 Å². The maximum Gasteiger partial charge on any atom is 0.416 e. The van der Waals surface area contributed by atoms with Gasteiger partial charge in [0.1, 0.15) is 5.65 Å². The topological polar surface area (TPSA) is 137 Å². The molecule has 2 aromatic heterocycles. The van der Waals surface area contributed by atoms with Gasteiger partial charge in [-0.2, -0.15) is 18.2 Å². The summed E-state index contributed by atoms with van der Waals surface area (Å²) in [6.07, 6.45) is -2.73. The molecule has 0 aliphatic carbocycles. The van der Waals surface area contributed by atoms with Crippen LogP contribution in [0.1, 0.15) is 34.1 Å². The molecule has 0 unspecified atom stereocenters. The molecular weight excluding hydrogens is 477 g/mol. The molecule has 3 N–H and O–H groups in total. The zero-order valence-electron chi connectivity index (χ0n) is 18.0. The summed E-state index contributed by atoms with van der Waals surface area (Å²) in [7, 11) is 0. The number of fused-ring (bicyclic) bond motifs is 1. The van der Waals surface area contributed by atoms with Crippen LogP contribution in [0.25, 0.3) is 11.0 Å². The predicted octanol–water partition coefficient (Wildman–Crippen LogP) is 2.91. The lowest BCUT2D eigenvalue weighted by Crippen LogP contribution is -2.24. The van der Waals surface area contributed by atoms with E-state index < -0.39 is 36.0 Å². The number of hydrogen-bond acceptors (Lipinski definition) is 7. The van der Waals surface area contributed by atoms with Gasteiger partial charge in [0.15, 0.2) is 11.8 Å². The molecule has 0 aliphatic rings. The van der Waals surface area contributed by atoms with Crippen LogP contribution in [0.2, 0.25) is 0 Å². The van der Waals surface area contributed by atoms with Crippen molar-refractivity contribution in [2.45, 2.75) is 31.2 Å². The number of thioether (sulfide) groups is 1. The Morgan fingerprint density at radius 1 is 1.24 bits per heavy atom. The first-order chi connectivity index (χ1) is 16.0. The lowest BCUT2D eigenvalue weighted by Gasteiger charge is -2.13. The van der Waals surface area contributed by atoms with Gasteiger partial charge in [-0.1, -0.05) is 30.8 Å². The number of nitrogens with two attached hydrogens (primary N) is 1. The van der Waals surface area contributed by atoms with Gasteiger partial charge in [-0.25, -0.2) is 9.78 Å². The molecule has 34 heavy (non-hydrogen) atoms. The monoisotopic (exact) mass is 496 g/mol. The van der Waals surface area contributed by atoms with Crippen molar-refractivity contribution in [1.82, 2.24) is 14.5 Å². The average molecular weight is 496 g/mol. The number of aromatic nitrogens is 3. The Bertz CT molecular complexity index is 1290. The highest BCUT2D eigenvalue weighted by Gasteiger charge is 2.32. The zero-order valence-corrected chi connectivity index (χ0v) is 18.8. The van der Waals surface area contributed by atoms with Crippen LogP contribution >= 0.6 is 11.8 Å². The first-order valence-corrected chi connectivity index (χ1v) is 11.0. The quantitative estimate of drug-likeness (QED) is 0.200. The first kappa shape index (κ1) is 25.0. The number of aliphatic carboxylic acids is 1. The Labute approximate surface area is 195 Å². The summed E-state index contributed by atoms with van der Waals surface area (Å²) < 4.78 is 46.4. The Hall–Kier alpha value is -3.61. The van der Waals surface area contributed by atoms with E-state index in [2.05, 4.69) is 9.97 Å². The van der Waals surface area contributed by atoms with Crippen molar-refractivity contribution in [3.63, 3.8) is 0 Å². The van der Waals surface area contributed by atoms with Crippen LogP contribution in [0.15, 0.2) is 29.4 Å². The van der Waals surface area contributed by atoms with Gasteiger partial charge in [-0.3, -0.25) is 9.59 Å². The number of primary amides is 1. The molecule has 13 heteroatoms. The first-order valence-electron chi connectivity index (χ1n) is 9.79. The van der Waals surface area contributed by atoms with Crippen LogP contribution in [0.5, 0.6) is 5.88 Å². The second-order valence-corrected chi connectivity index (χ2v) is 7.82. The van der Waals surface area contributed by atoms with E-state index in [1.807, 2.05) is 0 Å². The van der Waals surface area contributed by atoms with E-state index in [1.165, 1.54) is 16.7 Å². The van der Waals surface area contributed by atoms with Gasteiger partial charge in [-0.05, 0) is 30.4 Å². The molecule has 0 spiro atoms. The predicted molar refractivity (Wildman–Crippen MR) is 116 cm³/mol. The van der Waals surface area contributed by atoms with E-state index >= 15 is 0 Å². The lowest BCUT2D eigenvalue weighted by atomic mass is 10.1. The highest BCUT2D eigenvalue weighted by atomic mass is 32.2. The van der Waals surface area contributed by atoms with Crippen molar-refractivity contribution >= 4 is 40.5 Å². The van der Waals surface area contributed by atoms with Crippen LogP contribution in [0.4, 0.5) is 13.2 Å². The van der Waals surface area contributed by atoms with Gasteiger partial charge >= 0.3 is 12.1 Å². The van der Waals surface area contributed by atoms with Crippen LogP contribution in [0, 0.1) is 0 Å². The number of ether oxygens (including phenoxy) is 1. The van der Waals surface area contributed by atoms with Gasteiger partial charge in [0, 0.05) is 12.2 Å². The van der Waals surface area contributed by atoms with Gasteiger partial charge in [0.2, 0.25) is 5.88 Å². The average Bonchev–Trinajstić information content (AvgIpc) is 3.09. The van der Waals surface area contributed by atoms with Gasteiger partial charge in [-0.15, -0.1) is 0 Å². The lowest BCUT2D eigenvalue weighted by molar-refractivity contribution is -0.139. The van der Waals surface area contributed by atoms with Gasteiger partial charge in [0.05, 0.1) is 16.5 Å². The molecular formula is C21H19F3N4O5S. The number of carbonyl (C=O) groups is 3. The highest BCUT2D eigenvalue weighted by Crippen LogP contribution is 2.35. The van der Waals surface area contributed by atoms with Crippen LogP contribution < -0.4 is 10.5 Å². The summed E-state index contributed by atoms with van der Waals surface area (Å²) in [4.78, 5) is 44.1. The molecule has 2 heterocycles. The summed E-state index contributed by atoms with van der Waals surface area (Å²) >= 11 is 1.10. The minimum absolute atomic E-state index is 0.0355. The number of alkyl halides is 3. The molecule has 9 nitrogen and oxygen atoms in total. The second-order valence-electron chi connectivity index (χ2n) is 7.05. The van der Waals surface area contributed by atoms with E-state index in [9.17, 15) is 27.6 Å². The molecule has 0 aliphatic heterocycles. The number of nitrogens with zero attached hydrogens (tertiary/aromatic N) is 3. The number of ketones is 1. The number of carbonyl (C=O) groups excluding carboxylic acids is 2. The zero-order chi connectivity index (χ0) is 25.2. The number of amides is 1. The Balaban J connectivity index is 2.33. The molecule has 180 valence electrons. The minimum Gasteiger partial charge on any atom is -0.479 e. The number of carboxylic acid groups (broad SMARTS) is 1. The minimum atomic E-state index is -4.55. The number of benzene rings is 1. The number of hydrogen-bond donors (Lipinski definition) is 2. The maximum atomic E-state index is 13.2. The van der Waals surface area contributed by atoms with Crippen molar-refractivity contribution in [3.05, 3.63) is 46.6 Å². The van der Waals surface area contributed by atoms with E-state index in [0.717, 1.165) is 23.9 Å². The smallest absolute Gasteiger partial charge is 0.416 e. The fraction of sp³-hybridized carbons (Fsp3) is 0.286. The summed E-state index contributed by atoms with van der Waals surface area (Å²) in [6.45, 7) is 0.762. The van der Waals surface area contributed by atoms with Gasteiger partial charge in [0.25, 0.3) is 11.7 Å². The summed E-state index contributed by atoms with van der Waals surface area (Å²) in [5.41, 5.74) is 4.84. The molecule has 0 fully saturated rings. The number of carboxylic acids is 1. The molecule has 0 radical (unpaired) electrons. The number of rotatable bonds is 9. The molecule has 0 atom stereocenters. The standard InChI is InChI=1S/C21H19F3N4O5S/c1-3-12-14(16(31)17(25)32)15-18(26-20(34-2)27-19(15)33-9-13(29)30)28(12)8-10-5-4-6-11(7-10)21(22,23)24/h4-7H,3,8-9H2,1-2H3,(H2,25,32)(H,29,30). The fourth-order valence-electron chi connectivity index (χ4n) is 3.49. The summed E-state index contributed by atoms with van der Waals surface area (Å²) in [5.74, 6) is -3.91. The third-order valence-electron chi connectivity index (χ3n) is 4.85. The Morgan fingerprint density at radius 2 is 1.94 bits per heavy atom. The third-order valence-corrected chi connectivity index (χ3v) is 5.40. The number of Topliss-reactive ketones (excluding diaryl/α,β-unsaturated/α-hetero) is 1. The molecule has 3 rings (SSSR count). The van der Waals surface area contributed by atoms with Crippen LogP contribution in [0.3, 0.4) is 0 Å². The van der Waals surface area contributed by atoms with Crippen molar-refractivity contribution in [1.29, 1.82) is 0 Å². The van der Waals surface area contributed by atoms with Crippen molar-refractivity contribution in [2.75, 3.05) is 12.9 Å². The highest BCUT2D eigenvalue weighted by molar-refractivity contribution is 7.98. The molecule has 3 aromatic rings. The summed E-state index contributed by atoms with van der Waals surface area (Å²) in [5, 5.41) is 9.15. The van der Waals surface area contributed by atoms with E-state index in [1.54, 1.807) is 13.2 Å². The largest absolute Gasteiger partial charge is 0.479 e. The Morgan fingerprint density at radius 3 is 2.50 bits per heavy atom. The normalized spacial score (nSPS) is 11.6. The van der Waals surface area contributed by atoms with Crippen LogP contribution in [-0.2, 0) is 28.7 Å². The van der Waals surface area contributed by atoms with Crippen LogP contribution in [-0.4, -0.2) is 50.2 Å². The third kappa shape index (κ3) is 4.98. The van der Waals surface area contributed by atoms with Crippen molar-refractivity contribution < 1.29 is 37.4 Å². The SMILES string of the molecule is CCc1c(C(=O)C(N)=O)c2c(OCC(=O)O)nc(SC)nc2n1Cc1cccc(C(F)(F)F)c1. The molecule has 0 saturated heterocycles. The molecule has 0 bridgehead atoms. The molecule has 1 amide bonds.